The van der Waals surface area contributed by atoms with Crippen molar-refractivity contribution in [2.24, 2.45) is 10.8 Å². The molecule has 108 valence electrons. The third kappa shape index (κ3) is 2.62. The van der Waals surface area contributed by atoms with Crippen molar-refractivity contribution in [2.75, 3.05) is 18.7 Å². The fourth-order valence-electron chi connectivity index (χ4n) is 2.67. The first-order chi connectivity index (χ1) is 10.3. The van der Waals surface area contributed by atoms with Crippen LogP contribution in [0.4, 0.5) is 5.69 Å². The van der Waals surface area contributed by atoms with E-state index in [0.29, 0.717) is 6.54 Å². The van der Waals surface area contributed by atoms with Gasteiger partial charge in [0.15, 0.2) is 0 Å². The van der Waals surface area contributed by atoms with Crippen LogP contribution in [0.25, 0.3) is 0 Å². The van der Waals surface area contributed by atoms with E-state index in [1.54, 1.807) is 7.11 Å². The van der Waals surface area contributed by atoms with Crippen LogP contribution in [-0.2, 0) is 0 Å². The Bertz CT molecular complexity index is 639. The van der Waals surface area contributed by atoms with Gasteiger partial charge in [-0.1, -0.05) is 42.5 Å². The molecule has 0 spiro atoms. The van der Waals surface area contributed by atoms with Crippen LogP contribution in [0, 0.1) is 0 Å². The second kappa shape index (κ2) is 5.97. The lowest BCUT2D eigenvalue weighted by atomic mass is 10.0. The Hall–Kier alpha value is -2.33. The van der Waals surface area contributed by atoms with Gasteiger partial charge in [-0.05, 0) is 17.7 Å². The molecular weight excluding hydrogens is 262 g/mol. The van der Waals surface area contributed by atoms with Crippen molar-refractivity contribution >= 4 is 11.4 Å². The topological polar surface area (TPSA) is 50.8 Å². The summed E-state index contributed by atoms with van der Waals surface area (Å²) in [6.45, 7) is 0.481. The number of nitrogens with zero attached hydrogens (tertiary/aromatic N) is 2. The maximum absolute atomic E-state index is 5.80. The van der Waals surface area contributed by atoms with Gasteiger partial charge in [-0.2, -0.15) is 5.10 Å². The third-order valence-corrected chi connectivity index (χ3v) is 3.73. The van der Waals surface area contributed by atoms with Crippen LogP contribution in [0.3, 0.4) is 0 Å². The van der Waals surface area contributed by atoms with Gasteiger partial charge >= 0.3 is 0 Å². The molecule has 0 saturated carbocycles. The van der Waals surface area contributed by atoms with Crippen LogP contribution in [0.2, 0.25) is 0 Å². The number of rotatable bonds is 4. The van der Waals surface area contributed by atoms with Crippen LogP contribution in [0.15, 0.2) is 59.7 Å². The van der Waals surface area contributed by atoms with Gasteiger partial charge in [0, 0.05) is 13.0 Å². The van der Waals surface area contributed by atoms with E-state index >= 15 is 0 Å². The number of para-hydroxylation sites is 2. The maximum Gasteiger partial charge on any atom is 0.144 e. The monoisotopic (exact) mass is 281 g/mol. The van der Waals surface area contributed by atoms with Crippen LogP contribution in [-0.4, -0.2) is 19.4 Å². The van der Waals surface area contributed by atoms with E-state index in [2.05, 4.69) is 29.4 Å². The zero-order valence-corrected chi connectivity index (χ0v) is 12.1. The number of anilines is 1. The van der Waals surface area contributed by atoms with Crippen molar-refractivity contribution in [3.63, 3.8) is 0 Å². The van der Waals surface area contributed by atoms with Crippen molar-refractivity contribution in [3.05, 3.63) is 60.2 Å². The second-order valence-corrected chi connectivity index (χ2v) is 5.02. The highest BCUT2D eigenvalue weighted by atomic mass is 16.5. The normalized spacial score (nSPS) is 17.7. The summed E-state index contributed by atoms with van der Waals surface area (Å²) in [6, 6.07) is 18.5. The molecule has 0 radical (unpaired) electrons. The van der Waals surface area contributed by atoms with Crippen molar-refractivity contribution in [1.29, 1.82) is 0 Å². The van der Waals surface area contributed by atoms with Crippen molar-refractivity contribution in [3.8, 4) is 5.75 Å². The summed E-state index contributed by atoms with van der Waals surface area (Å²) in [7, 11) is 1.68. The zero-order valence-electron chi connectivity index (χ0n) is 12.1. The van der Waals surface area contributed by atoms with Gasteiger partial charge in [-0.25, -0.2) is 0 Å². The lowest BCUT2D eigenvalue weighted by Crippen LogP contribution is -2.19. The molecule has 4 nitrogen and oxygen atoms in total. The average molecular weight is 281 g/mol. The highest BCUT2D eigenvalue weighted by Gasteiger charge is 2.29. The molecule has 0 aliphatic carbocycles. The van der Waals surface area contributed by atoms with Gasteiger partial charge in [0.05, 0.1) is 18.9 Å². The minimum atomic E-state index is 0.168. The number of methoxy groups -OCH3 is 1. The van der Waals surface area contributed by atoms with Crippen LogP contribution in [0.5, 0.6) is 5.75 Å². The lowest BCUT2D eigenvalue weighted by molar-refractivity contribution is 0.413. The highest BCUT2D eigenvalue weighted by molar-refractivity contribution is 5.90. The summed E-state index contributed by atoms with van der Waals surface area (Å²) >= 11 is 0. The first-order valence-corrected chi connectivity index (χ1v) is 7.07. The molecule has 1 unspecified atom stereocenters. The van der Waals surface area contributed by atoms with Crippen molar-refractivity contribution in [2.45, 2.75) is 12.5 Å². The largest absolute Gasteiger partial charge is 0.495 e. The number of nitrogens with two attached hydrogens (primary N) is 1. The summed E-state index contributed by atoms with van der Waals surface area (Å²) in [5, 5.41) is 6.71. The predicted molar refractivity (Wildman–Crippen MR) is 85.8 cm³/mol. The predicted octanol–water partition coefficient (Wildman–Crippen LogP) is 2.96. The molecule has 2 aromatic carbocycles. The molecule has 0 aromatic heterocycles. The molecule has 0 amide bonds. The first-order valence-electron chi connectivity index (χ1n) is 7.07. The van der Waals surface area contributed by atoms with Crippen LogP contribution < -0.4 is 15.5 Å². The molecule has 2 aromatic rings. The molecule has 1 aliphatic heterocycles. The van der Waals surface area contributed by atoms with E-state index in [1.807, 2.05) is 35.3 Å². The number of hydrogen-bond acceptors (Lipinski definition) is 4. The van der Waals surface area contributed by atoms with Crippen LogP contribution >= 0.6 is 0 Å². The zero-order chi connectivity index (χ0) is 14.7. The molecule has 0 bridgehead atoms. The van der Waals surface area contributed by atoms with E-state index in [1.165, 1.54) is 5.56 Å². The number of hydrogen-bond donors (Lipinski definition) is 1. The standard InChI is InChI=1S/C17H19N3O/c1-21-17-10-6-5-9-15(17)20-16(11-14(12-18)19-20)13-7-3-2-4-8-13/h2-10,16H,11-12,18H2,1H3. The Morgan fingerprint density at radius 1 is 1.14 bits per heavy atom. The summed E-state index contributed by atoms with van der Waals surface area (Å²) in [4.78, 5) is 0. The third-order valence-electron chi connectivity index (χ3n) is 3.73. The molecule has 4 heteroatoms. The summed E-state index contributed by atoms with van der Waals surface area (Å²) in [5.74, 6) is 0.820. The molecular formula is C17H19N3O. The van der Waals surface area contributed by atoms with Crippen molar-refractivity contribution in [1.82, 2.24) is 0 Å². The highest BCUT2D eigenvalue weighted by Crippen LogP contribution is 2.39. The smallest absolute Gasteiger partial charge is 0.144 e. The second-order valence-electron chi connectivity index (χ2n) is 5.02. The van der Waals surface area contributed by atoms with Crippen LogP contribution in [0.1, 0.15) is 18.0 Å². The number of ether oxygens (including phenoxy) is 1. The SMILES string of the molecule is COc1ccccc1N1N=C(CN)CC1c1ccccc1. The van der Waals surface area contributed by atoms with Gasteiger partial charge in [-0.3, -0.25) is 5.01 Å². The molecule has 21 heavy (non-hydrogen) atoms. The van der Waals surface area contributed by atoms with Crippen molar-refractivity contribution < 1.29 is 4.74 Å². The first kappa shape index (κ1) is 13.6. The molecule has 0 saturated heterocycles. The van der Waals surface area contributed by atoms with E-state index in [-0.39, 0.29) is 6.04 Å². The fourth-order valence-corrected chi connectivity index (χ4v) is 2.67. The molecule has 1 aliphatic rings. The van der Waals surface area contributed by atoms with E-state index in [9.17, 15) is 0 Å². The molecule has 3 rings (SSSR count). The molecule has 0 fully saturated rings. The van der Waals surface area contributed by atoms with Gasteiger partial charge in [0.2, 0.25) is 0 Å². The quantitative estimate of drug-likeness (QED) is 0.937. The molecule has 2 N–H and O–H groups in total. The Balaban J connectivity index is 2.02. The number of benzene rings is 2. The molecule has 1 atom stereocenters. The van der Waals surface area contributed by atoms with Gasteiger partial charge < -0.3 is 10.5 Å². The maximum atomic E-state index is 5.80. The minimum Gasteiger partial charge on any atom is -0.495 e. The fraction of sp³-hybridized carbons (Fsp3) is 0.235. The Morgan fingerprint density at radius 2 is 1.86 bits per heavy atom. The summed E-state index contributed by atoms with van der Waals surface area (Å²) in [6.07, 6.45) is 0.846. The Labute approximate surface area is 124 Å². The van der Waals surface area contributed by atoms with Gasteiger partial charge in [0.1, 0.15) is 11.4 Å². The van der Waals surface area contributed by atoms with Gasteiger partial charge in [-0.15, -0.1) is 0 Å². The Morgan fingerprint density at radius 3 is 2.57 bits per heavy atom. The molecule has 1 heterocycles. The lowest BCUT2D eigenvalue weighted by Gasteiger charge is -2.25. The van der Waals surface area contributed by atoms with E-state index in [4.69, 9.17) is 10.5 Å². The number of hydrazone groups is 1. The van der Waals surface area contributed by atoms with E-state index < -0.39 is 0 Å². The summed E-state index contributed by atoms with van der Waals surface area (Å²) in [5.41, 5.74) is 9.01. The Kier molecular flexibility index (Phi) is 3.88. The van der Waals surface area contributed by atoms with E-state index in [0.717, 1.165) is 23.6 Å². The minimum absolute atomic E-state index is 0.168. The summed E-state index contributed by atoms with van der Waals surface area (Å²) < 4.78 is 5.47. The average Bonchev–Trinajstić information content (AvgIpc) is 3.00. The van der Waals surface area contributed by atoms with Gasteiger partial charge in [0.25, 0.3) is 0 Å².